The zero-order chi connectivity index (χ0) is 19.8. The van der Waals surface area contributed by atoms with E-state index in [0.29, 0.717) is 23.4 Å². The molecule has 0 amide bonds. The van der Waals surface area contributed by atoms with Crippen LogP contribution in [0.5, 0.6) is 11.5 Å². The lowest BCUT2D eigenvalue weighted by Gasteiger charge is -2.18. The van der Waals surface area contributed by atoms with Crippen molar-refractivity contribution in [1.82, 2.24) is 5.32 Å². The molecule has 28 heavy (non-hydrogen) atoms. The minimum atomic E-state index is -0.353. The molecular formula is C23H29ClFNO2. The van der Waals surface area contributed by atoms with E-state index in [4.69, 9.17) is 21.1 Å². The van der Waals surface area contributed by atoms with Gasteiger partial charge in [-0.3, -0.25) is 0 Å². The average molecular weight is 406 g/mol. The molecule has 3 nitrogen and oxygen atoms in total. The Kier molecular flexibility index (Phi) is 7.99. The number of benzene rings is 2. The van der Waals surface area contributed by atoms with Gasteiger partial charge < -0.3 is 14.8 Å². The first kappa shape index (κ1) is 20.9. The van der Waals surface area contributed by atoms with Gasteiger partial charge in [0, 0.05) is 18.2 Å². The molecule has 1 aliphatic carbocycles. The first-order valence-corrected chi connectivity index (χ1v) is 10.6. The Balaban J connectivity index is 1.62. The second kappa shape index (κ2) is 10.7. The van der Waals surface area contributed by atoms with E-state index in [-0.39, 0.29) is 12.4 Å². The summed E-state index contributed by atoms with van der Waals surface area (Å²) in [7, 11) is 0. The minimum Gasteiger partial charge on any atom is -0.490 e. The van der Waals surface area contributed by atoms with Crippen molar-refractivity contribution in [2.75, 3.05) is 6.61 Å². The first-order valence-electron chi connectivity index (χ1n) is 10.2. The minimum absolute atomic E-state index is 0.263. The molecule has 1 fully saturated rings. The molecule has 0 unspecified atom stereocenters. The van der Waals surface area contributed by atoms with Gasteiger partial charge in [0.2, 0.25) is 0 Å². The molecule has 0 aromatic heterocycles. The van der Waals surface area contributed by atoms with Crippen molar-refractivity contribution >= 4 is 11.6 Å². The van der Waals surface area contributed by atoms with Crippen molar-refractivity contribution < 1.29 is 13.9 Å². The normalized spacial score (nSPS) is 15.2. The van der Waals surface area contributed by atoms with Crippen molar-refractivity contribution in [3.8, 4) is 11.5 Å². The summed E-state index contributed by atoms with van der Waals surface area (Å²) in [5.74, 6) is 1.04. The molecule has 0 bridgehead atoms. The van der Waals surface area contributed by atoms with Crippen LogP contribution in [0.4, 0.5) is 4.39 Å². The monoisotopic (exact) mass is 405 g/mol. The van der Waals surface area contributed by atoms with Crippen molar-refractivity contribution in [1.29, 1.82) is 0 Å². The topological polar surface area (TPSA) is 30.5 Å². The maximum atomic E-state index is 13.2. The Morgan fingerprint density at radius 3 is 2.50 bits per heavy atom. The largest absolute Gasteiger partial charge is 0.490 e. The van der Waals surface area contributed by atoms with Crippen molar-refractivity contribution in [2.24, 2.45) is 0 Å². The summed E-state index contributed by atoms with van der Waals surface area (Å²) in [6, 6.07) is 11.0. The number of nitrogens with one attached hydrogen (secondary N) is 1. The van der Waals surface area contributed by atoms with Crippen LogP contribution in [0, 0.1) is 5.82 Å². The lowest BCUT2D eigenvalue weighted by Crippen LogP contribution is -2.27. The van der Waals surface area contributed by atoms with E-state index in [9.17, 15) is 4.39 Å². The van der Waals surface area contributed by atoms with E-state index in [2.05, 4.69) is 11.4 Å². The van der Waals surface area contributed by atoms with Gasteiger partial charge in [0.05, 0.1) is 11.6 Å². The fourth-order valence-electron chi connectivity index (χ4n) is 3.59. The smallest absolute Gasteiger partial charge is 0.161 e. The third-order valence-corrected chi connectivity index (χ3v) is 5.51. The Labute approximate surface area is 172 Å². The molecule has 0 atom stereocenters. The summed E-state index contributed by atoms with van der Waals surface area (Å²) in [4.78, 5) is 0. The third kappa shape index (κ3) is 6.11. The summed E-state index contributed by atoms with van der Waals surface area (Å²) in [6.07, 6.45) is 7.88. The molecule has 0 radical (unpaired) electrons. The van der Waals surface area contributed by atoms with Crippen LogP contribution in [-0.2, 0) is 13.2 Å². The molecule has 0 heterocycles. The zero-order valence-corrected chi connectivity index (χ0v) is 17.2. The van der Waals surface area contributed by atoms with Gasteiger partial charge in [0.1, 0.15) is 12.4 Å². The van der Waals surface area contributed by atoms with E-state index < -0.39 is 0 Å². The number of ether oxygens (including phenoxy) is 2. The Morgan fingerprint density at radius 2 is 1.79 bits per heavy atom. The van der Waals surface area contributed by atoms with Crippen molar-refractivity contribution in [3.63, 3.8) is 0 Å². The molecule has 1 aliphatic rings. The summed E-state index contributed by atoms with van der Waals surface area (Å²) in [6.45, 7) is 3.61. The van der Waals surface area contributed by atoms with Gasteiger partial charge in [-0.15, -0.1) is 0 Å². The number of hydrogen-bond acceptors (Lipinski definition) is 3. The zero-order valence-electron chi connectivity index (χ0n) is 16.5. The van der Waals surface area contributed by atoms with E-state index in [1.54, 1.807) is 6.07 Å². The predicted molar refractivity (Wildman–Crippen MR) is 112 cm³/mol. The second-order valence-corrected chi connectivity index (χ2v) is 7.72. The maximum absolute atomic E-state index is 13.2. The Hall–Kier alpha value is -1.78. The highest BCUT2D eigenvalue weighted by Crippen LogP contribution is 2.30. The van der Waals surface area contributed by atoms with E-state index in [0.717, 1.165) is 17.9 Å². The van der Waals surface area contributed by atoms with Gasteiger partial charge in [-0.1, -0.05) is 49.4 Å². The van der Waals surface area contributed by atoms with Gasteiger partial charge >= 0.3 is 0 Å². The van der Waals surface area contributed by atoms with E-state index in [1.807, 2.05) is 19.1 Å². The molecule has 2 aromatic rings. The van der Waals surface area contributed by atoms with E-state index in [1.165, 1.54) is 56.2 Å². The van der Waals surface area contributed by atoms with Crippen LogP contribution in [0.3, 0.4) is 0 Å². The molecule has 0 saturated heterocycles. The fraction of sp³-hybridized carbons (Fsp3) is 0.478. The molecule has 152 valence electrons. The van der Waals surface area contributed by atoms with Crippen LogP contribution in [0.25, 0.3) is 0 Å². The highest BCUT2D eigenvalue weighted by molar-refractivity contribution is 6.31. The Morgan fingerprint density at radius 1 is 1.00 bits per heavy atom. The summed E-state index contributed by atoms with van der Waals surface area (Å²) < 4.78 is 24.9. The van der Waals surface area contributed by atoms with Gasteiger partial charge in [-0.2, -0.15) is 0 Å². The van der Waals surface area contributed by atoms with Crippen LogP contribution in [-0.4, -0.2) is 12.6 Å². The molecule has 2 aromatic carbocycles. The lowest BCUT2D eigenvalue weighted by atomic mass is 10.1. The van der Waals surface area contributed by atoms with Gasteiger partial charge in [-0.25, -0.2) is 4.39 Å². The SMILES string of the molecule is CCOc1cc(CNC2CCCCCC2)ccc1OCc1ccc(F)cc1Cl. The quantitative estimate of drug-likeness (QED) is 0.525. The number of hydrogen-bond donors (Lipinski definition) is 1. The molecule has 1 saturated carbocycles. The van der Waals surface area contributed by atoms with Crippen molar-refractivity contribution in [2.45, 2.75) is 64.6 Å². The van der Waals surface area contributed by atoms with Crippen LogP contribution in [0.2, 0.25) is 5.02 Å². The predicted octanol–water partition coefficient (Wildman–Crippen LogP) is 6.27. The summed E-state index contributed by atoms with van der Waals surface area (Å²) >= 11 is 6.09. The van der Waals surface area contributed by atoms with Crippen molar-refractivity contribution in [3.05, 3.63) is 58.4 Å². The van der Waals surface area contributed by atoms with Crippen LogP contribution in [0.15, 0.2) is 36.4 Å². The molecule has 1 N–H and O–H groups in total. The van der Waals surface area contributed by atoms with E-state index >= 15 is 0 Å². The highest BCUT2D eigenvalue weighted by Gasteiger charge is 2.13. The highest BCUT2D eigenvalue weighted by atomic mass is 35.5. The number of rotatable bonds is 8. The third-order valence-electron chi connectivity index (χ3n) is 5.16. The number of halogens is 2. The Bertz CT molecular complexity index is 760. The molecule has 3 rings (SSSR count). The molecule has 5 heteroatoms. The van der Waals surface area contributed by atoms with Crippen LogP contribution >= 0.6 is 11.6 Å². The maximum Gasteiger partial charge on any atom is 0.161 e. The first-order chi connectivity index (χ1) is 13.7. The molecule has 0 spiro atoms. The molecule has 0 aliphatic heterocycles. The van der Waals surface area contributed by atoms with Gasteiger partial charge in [0.15, 0.2) is 11.5 Å². The fourth-order valence-corrected chi connectivity index (χ4v) is 3.81. The van der Waals surface area contributed by atoms with Crippen LogP contribution in [0.1, 0.15) is 56.6 Å². The van der Waals surface area contributed by atoms with Crippen LogP contribution < -0.4 is 14.8 Å². The average Bonchev–Trinajstić information content (AvgIpc) is 2.96. The molecular weight excluding hydrogens is 377 g/mol. The van der Waals surface area contributed by atoms with Gasteiger partial charge in [0.25, 0.3) is 0 Å². The second-order valence-electron chi connectivity index (χ2n) is 7.31. The lowest BCUT2D eigenvalue weighted by molar-refractivity contribution is 0.269. The van der Waals surface area contributed by atoms with Gasteiger partial charge in [-0.05, 0) is 49.6 Å². The standard InChI is InChI=1S/C23H29ClFNO2/c1-2-27-23-13-17(15-26-20-7-5-3-4-6-8-20)9-12-22(23)28-16-18-10-11-19(25)14-21(18)24/h9-14,20,26H,2-8,15-16H2,1H3. The summed E-state index contributed by atoms with van der Waals surface area (Å²) in [5, 5.41) is 4.05. The summed E-state index contributed by atoms with van der Waals surface area (Å²) in [5.41, 5.74) is 1.92.